The van der Waals surface area contributed by atoms with E-state index in [2.05, 4.69) is 55.3 Å². The Labute approximate surface area is 149 Å². The van der Waals surface area contributed by atoms with Crippen molar-refractivity contribution in [2.24, 2.45) is 5.92 Å². The highest BCUT2D eigenvalue weighted by atomic mass is 16.5. The van der Waals surface area contributed by atoms with Crippen LogP contribution in [-0.2, 0) is 11.2 Å². The van der Waals surface area contributed by atoms with Crippen molar-refractivity contribution in [3.8, 4) is 17.0 Å². The van der Waals surface area contributed by atoms with E-state index in [1.807, 2.05) is 12.3 Å². The van der Waals surface area contributed by atoms with E-state index in [4.69, 9.17) is 4.74 Å². The number of carbonyl (C=O) groups excluding carboxylic acids is 1. The van der Waals surface area contributed by atoms with Gasteiger partial charge in [0.2, 0.25) is 5.91 Å². The molecule has 0 bridgehead atoms. The maximum absolute atomic E-state index is 12.2. The highest BCUT2D eigenvalue weighted by molar-refractivity contribution is 5.78. The van der Waals surface area contributed by atoms with Crippen LogP contribution in [0.4, 0.5) is 0 Å². The first-order valence-corrected chi connectivity index (χ1v) is 9.12. The van der Waals surface area contributed by atoms with Crippen molar-refractivity contribution in [3.63, 3.8) is 0 Å². The van der Waals surface area contributed by atoms with Crippen LogP contribution >= 0.6 is 0 Å². The van der Waals surface area contributed by atoms with Crippen LogP contribution in [-0.4, -0.2) is 23.5 Å². The van der Waals surface area contributed by atoms with Gasteiger partial charge in [-0.1, -0.05) is 32.0 Å². The molecular weight excluding hydrogens is 312 g/mol. The van der Waals surface area contributed by atoms with Gasteiger partial charge >= 0.3 is 0 Å². The van der Waals surface area contributed by atoms with E-state index in [9.17, 15) is 4.79 Å². The second-order valence-corrected chi connectivity index (χ2v) is 6.67. The monoisotopic (exact) mass is 338 g/mol. The molecule has 4 nitrogen and oxygen atoms in total. The predicted molar refractivity (Wildman–Crippen MR) is 99.6 cm³/mol. The molecular formula is C21H26N2O2. The number of ether oxygens (including phenoxy) is 1. The molecule has 1 atom stereocenters. The number of pyridine rings is 1. The highest BCUT2D eigenvalue weighted by Gasteiger charge is 2.27. The molecule has 0 saturated heterocycles. The minimum Gasteiger partial charge on any atom is -0.487 e. The Hall–Kier alpha value is -2.36. The zero-order valence-corrected chi connectivity index (χ0v) is 15.2. The van der Waals surface area contributed by atoms with Gasteiger partial charge in [-0.15, -0.1) is 0 Å². The summed E-state index contributed by atoms with van der Waals surface area (Å²) in [5, 5.41) is 3.05. The van der Waals surface area contributed by atoms with Crippen LogP contribution in [0.15, 0.2) is 36.5 Å². The van der Waals surface area contributed by atoms with Crippen LogP contribution < -0.4 is 10.1 Å². The molecule has 1 amide bonds. The predicted octanol–water partition coefficient (Wildman–Crippen LogP) is 3.91. The first kappa shape index (κ1) is 17.5. The summed E-state index contributed by atoms with van der Waals surface area (Å²) in [7, 11) is 0. The number of hydrogen-bond donors (Lipinski definition) is 1. The molecule has 132 valence electrons. The zero-order chi connectivity index (χ0) is 17.8. The van der Waals surface area contributed by atoms with Crippen molar-refractivity contribution in [2.75, 3.05) is 6.54 Å². The van der Waals surface area contributed by atoms with E-state index in [1.165, 1.54) is 5.56 Å². The molecule has 1 aliphatic heterocycles. The second kappa shape index (κ2) is 7.68. The Morgan fingerprint density at radius 3 is 2.80 bits per heavy atom. The van der Waals surface area contributed by atoms with Gasteiger partial charge in [0.05, 0.1) is 12.2 Å². The van der Waals surface area contributed by atoms with Gasteiger partial charge < -0.3 is 10.1 Å². The lowest BCUT2D eigenvalue weighted by Gasteiger charge is -2.16. The molecule has 25 heavy (non-hydrogen) atoms. The SMILES string of the molecule is CCC(CC)C(=O)NC[C@H]1Cc2cccc(-c3ncccc3C)c2O1. The summed E-state index contributed by atoms with van der Waals surface area (Å²) in [5.41, 5.74) is 4.31. The lowest BCUT2D eigenvalue weighted by molar-refractivity contribution is -0.125. The molecule has 0 radical (unpaired) electrons. The van der Waals surface area contributed by atoms with E-state index in [1.54, 1.807) is 0 Å². The minimum atomic E-state index is -0.0153. The van der Waals surface area contributed by atoms with Crippen LogP contribution in [0.2, 0.25) is 0 Å². The van der Waals surface area contributed by atoms with Gasteiger partial charge in [0, 0.05) is 24.1 Å². The van der Waals surface area contributed by atoms with Crippen LogP contribution in [0.25, 0.3) is 11.3 Å². The Bertz CT molecular complexity index is 753. The number of carbonyl (C=O) groups is 1. The molecule has 0 fully saturated rings. The lowest BCUT2D eigenvalue weighted by atomic mass is 10.0. The number of amides is 1. The fraction of sp³-hybridized carbons (Fsp3) is 0.429. The van der Waals surface area contributed by atoms with Crippen molar-refractivity contribution in [3.05, 3.63) is 47.7 Å². The Morgan fingerprint density at radius 1 is 1.28 bits per heavy atom. The van der Waals surface area contributed by atoms with Gasteiger partial charge in [-0.2, -0.15) is 0 Å². The lowest BCUT2D eigenvalue weighted by Crippen LogP contribution is -2.37. The summed E-state index contributed by atoms with van der Waals surface area (Å²) in [6.07, 6.45) is 4.36. The van der Waals surface area contributed by atoms with Crippen LogP contribution in [0, 0.1) is 12.8 Å². The molecule has 0 spiro atoms. The molecule has 2 heterocycles. The van der Waals surface area contributed by atoms with Crippen molar-refractivity contribution in [2.45, 2.75) is 46.1 Å². The number of fused-ring (bicyclic) bond motifs is 1. The summed E-state index contributed by atoms with van der Waals surface area (Å²) in [6, 6.07) is 10.2. The summed E-state index contributed by atoms with van der Waals surface area (Å²) < 4.78 is 6.19. The average molecular weight is 338 g/mol. The quantitative estimate of drug-likeness (QED) is 0.869. The third-order valence-electron chi connectivity index (χ3n) is 4.95. The Balaban J connectivity index is 1.72. The van der Waals surface area contributed by atoms with E-state index >= 15 is 0 Å². The summed E-state index contributed by atoms with van der Waals surface area (Å²) in [6.45, 7) is 6.71. The zero-order valence-electron chi connectivity index (χ0n) is 15.2. The molecule has 2 aromatic rings. The Kier molecular flexibility index (Phi) is 5.37. The largest absolute Gasteiger partial charge is 0.487 e. The molecule has 1 aromatic carbocycles. The van der Waals surface area contributed by atoms with E-state index < -0.39 is 0 Å². The van der Waals surface area contributed by atoms with Crippen LogP contribution in [0.1, 0.15) is 37.8 Å². The normalized spacial score (nSPS) is 15.8. The first-order valence-electron chi connectivity index (χ1n) is 9.12. The molecule has 0 unspecified atom stereocenters. The summed E-state index contributed by atoms with van der Waals surface area (Å²) >= 11 is 0. The minimum absolute atomic E-state index is 0.0153. The Morgan fingerprint density at radius 2 is 2.08 bits per heavy atom. The third kappa shape index (κ3) is 3.68. The molecule has 1 aliphatic rings. The van der Waals surface area contributed by atoms with Gasteiger partial charge in [-0.3, -0.25) is 9.78 Å². The van der Waals surface area contributed by atoms with Gasteiger partial charge in [0.15, 0.2) is 0 Å². The van der Waals surface area contributed by atoms with Gasteiger partial charge in [0.25, 0.3) is 0 Å². The molecule has 4 heteroatoms. The number of nitrogens with zero attached hydrogens (tertiary/aromatic N) is 1. The number of para-hydroxylation sites is 1. The summed E-state index contributed by atoms with van der Waals surface area (Å²) in [4.78, 5) is 16.7. The number of rotatable bonds is 6. The maximum atomic E-state index is 12.2. The molecule has 0 saturated carbocycles. The first-order chi connectivity index (χ1) is 12.1. The third-order valence-corrected chi connectivity index (χ3v) is 4.95. The fourth-order valence-corrected chi connectivity index (χ4v) is 3.42. The van der Waals surface area contributed by atoms with E-state index in [0.29, 0.717) is 6.54 Å². The maximum Gasteiger partial charge on any atom is 0.223 e. The number of hydrogen-bond acceptors (Lipinski definition) is 3. The summed E-state index contributed by atoms with van der Waals surface area (Å²) in [5.74, 6) is 1.13. The van der Waals surface area contributed by atoms with Crippen molar-refractivity contribution < 1.29 is 9.53 Å². The number of aryl methyl sites for hydroxylation is 1. The standard InChI is InChI=1S/C21H26N2O2/c1-4-15(5-2)21(24)23-13-17-12-16-9-6-10-18(20(16)25-17)19-14(3)8-7-11-22-19/h6-11,15,17H,4-5,12-13H2,1-3H3,(H,23,24)/t17-/m1/s1. The number of nitrogens with one attached hydrogen (secondary N) is 1. The number of aromatic nitrogens is 1. The topological polar surface area (TPSA) is 51.2 Å². The van der Waals surface area contributed by atoms with E-state index in [0.717, 1.165) is 41.8 Å². The van der Waals surface area contributed by atoms with E-state index in [-0.39, 0.29) is 17.9 Å². The molecule has 1 aromatic heterocycles. The van der Waals surface area contributed by atoms with Gasteiger partial charge in [-0.25, -0.2) is 0 Å². The van der Waals surface area contributed by atoms with Gasteiger partial charge in [0.1, 0.15) is 11.9 Å². The molecule has 0 aliphatic carbocycles. The van der Waals surface area contributed by atoms with Crippen LogP contribution in [0.5, 0.6) is 5.75 Å². The van der Waals surface area contributed by atoms with Crippen LogP contribution in [0.3, 0.4) is 0 Å². The van der Waals surface area contributed by atoms with Gasteiger partial charge in [-0.05, 0) is 43.0 Å². The smallest absolute Gasteiger partial charge is 0.223 e. The van der Waals surface area contributed by atoms with Crippen molar-refractivity contribution in [1.82, 2.24) is 10.3 Å². The van der Waals surface area contributed by atoms with Crippen molar-refractivity contribution in [1.29, 1.82) is 0 Å². The van der Waals surface area contributed by atoms with Crippen molar-refractivity contribution >= 4 is 5.91 Å². The average Bonchev–Trinajstić information content (AvgIpc) is 3.04. The second-order valence-electron chi connectivity index (χ2n) is 6.67. The highest BCUT2D eigenvalue weighted by Crippen LogP contribution is 2.38. The fourth-order valence-electron chi connectivity index (χ4n) is 3.42. The molecule has 1 N–H and O–H groups in total. The number of benzene rings is 1. The molecule has 3 rings (SSSR count).